The number of hydrogen-bond acceptors (Lipinski definition) is 4. The van der Waals surface area contributed by atoms with E-state index in [0.29, 0.717) is 13.2 Å². The maximum atomic E-state index is 10.7. The number of carboxylic acid groups (broad SMARTS) is 1. The van der Waals surface area contributed by atoms with Gasteiger partial charge in [0.2, 0.25) is 0 Å². The Morgan fingerprint density at radius 1 is 1.47 bits per heavy atom. The maximum absolute atomic E-state index is 10.7. The van der Waals surface area contributed by atoms with E-state index in [9.17, 15) is 4.79 Å². The van der Waals surface area contributed by atoms with Crippen molar-refractivity contribution in [1.82, 2.24) is 0 Å². The van der Waals surface area contributed by atoms with Gasteiger partial charge < -0.3 is 14.6 Å². The summed E-state index contributed by atoms with van der Waals surface area (Å²) in [5.41, 5.74) is 1.07. The first-order valence-electron chi connectivity index (χ1n) is 5.81. The van der Waals surface area contributed by atoms with Crippen LogP contribution in [-0.4, -0.2) is 24.3 Å². The molecule has 0 atom stereocenters. The topological polar surface area (TPSA) is 55.8 Å². The summed E-state index contributed by atoms with van der Waals surface area (Å²) in [6.07, 6.45) is 3.02. The predicted molar refractivity (Wildman–Crippen MR) is 62.2 cm³/mol. The number of fused-ring (bicyclic) bond motifs is 2. The molecule has 1 aromatic heterocycles. The van der Waals surface area contributed by atoms with Crippen LogP contribution in [-0.2, 0) is 32.9 Å². The predicted octanol–water partition coefficient (Wildman–Crippen LogP) is 1.91. The minimum absolute atomic E-state index is 0.0910. The molecule has 1 aliphatic carbocycles. The zero-order valence-electron chi connectivity index (χ0n) is 9.40. The van der Waals surface area contributed by atoms with Crippen LogP contribution in [0.15, 0.2) is 6.07 Å². The molecule has 0 amide bonds. The standard InChI is InChI=1S/C12H14O4S/c13-11(14)7-8-6-9-10(17-8)2-1-3-12(9)15-4-5-16-12/h6H,1-5,7H2,(H,13,14). The van der Waals surface area contributed by atoms with E-state index in [0.717, 1.165) is 29.7 Å². The van der Waals surface area contributed by atoms with Crippen molar-refractivity contribution < 1.29 is 19.4 Å². The van der Waals surface area contributed by atoms with Crippen molar-refractivity contribution in [2.45, 2.75) is 31.5 Å². The largest absolute Gasteiger partial charge is 0.481 e. The van der Waals surface area contributed by atoms with Crippen molar-refractivity contribution >= 4 is 17.3 Å². The van der Waals surface area contributed by atoms with Gasteiger partial charge in [-0.1, -0.05) is 0 Å². The van der Waals surface area contributed by atoms with E-state index >= 15 is 0 Å². The Hall–Kier alpha value is -0.910. The third-order valence-electron chi connectivity index (χ3n) is 3.26. The Balaban J connectivity index is 1.96. The zero-order chi connectivity index (χ0) is 11.9. The van der Waals surface area contributed by atoms with Gasteiger partial charge in [0.15, 0.2) is 5.79 Å². The Labute approximate surface area is 103 Å². The van der Waals surface area contributed by atoms with Crippen LogP contribution in [0, 0.1) is 0 Å². The molecule has 0 radical (unpaired) electrons. The highest BCUT2D eigenvalue weighted by Crippen LogP contribution is 2.45. The fourth-order valence-electron chi connectivity index (χ4n) is 2.60. The second kappa shape index (κ2) is 4.08. The lowest BCUT2D eigenvalue weighted by atomic mass is 9.92. The van der Waals surface area contributed by atoms with Crippen LogP contribution in [0.3, 0.4) is 0 Å². The molecule has 1 fully saturated rings. The third kappa shape index (κ3) is 1.88. The molecule has 0 aromatic carbocycles. The highest BCUT2D eigenvalue weighted by atomic mass is 32.1. The highest BCUT2D eigenvalue weighted by molar-refractivity contribution is 7.12. The van der Waals surface area contributed by atoms with E-state index in [-0.39, 0.29) is 6.42 Å². The van der Waals surface area contributed by atoms with Crippen molar-refractivity contribution in [2.24, 2.45) is 0 Å². The second-order valence-corrected chi connectivity index (χ2v) is 5.64. The number of thiophene rings is 1. The molecule has 0 bridgehead atoms. The highest BCUT2D eigenvalue weighted by Gasteiger charge is 2.43. The molecule has 1 N–H and O–H groups in total. The van der Waals surface area contributed by atoms with Crippen LogP contribution in [0.2, 0.25) is 0 Å². The van der Waals surface area contributed by atoms with E-state index in [2.05, 4.69) is 0 Å². The summed E-state index contributed by atoms with van der Waals surface area (Å²) in [6.45, 7) is 1.26. The van der Waals surface area contributed by atoms with Crippen LogP contribution in [0.25, 0.3) is 0 Å². The summed E-state index contributed by atoms with van der Waals surface area (Å²) in [7, 11) is 0. The second-order valence-electron chi connectivity index (χ2n) is 4.42. The fraction of sp³-hybridized carbons (Fsp3) is 0.583. The van der Waals surface area contributed by atoms with Gasteiger partial charge in [-0.3, -0.25) is 4.79 Å². The van der Waals surface area contributed by atoms with Crippen LogP contribution in [0.5, 0.6) is 0 Å². The zero-order valence-corrected chi connectivity index (χ0v) is 10.2. The lowest BCUT2D eigenvalue weighted by Crippen LogP contribution is -2.30. The summed E-state index contributed by atoms with van der Waals surface area (Å²) in [6, 6.07) is 1.96. The van der Waals surface area contributed by atoms with Gasteiger partial charge in [-0.25, -0.2) is 0 Å². The molecule has 0 saturated carbocycles. The van der Waals surface area contributed by atoms with Gasteiger partial charge in [0.1, 0.15) is 0 Å². The quantitative estimate of drug-likeness (QED) is 0.876. The number of aryl methyl sites for hydroxylation is 1. The monoisotopic (exact) mass is 254 g/mol. The molecule has 2 heterocycles. The van der Waals surface area contributed by atoms with Crippen molar-refractivity contribution in [1.29, 1.82) is 0 Å². The summed E-state index contributed by atoms with van der Waals surface area (Å²) in [4.78, 5) is 12.9. The molecule has 1 aliphatic heterocycles. The van der Waals surface area contributed by atoms with Gasteiger partial charge in [0, 0.05) is 21.7 Å². The molecule has 2 aliphatic rings. The van der Waals surface area contributed by atoms with Gasteiger partial charge >= 0.3 is 5.97 Å². The van der Waals surface area contributed by atoms with Crippen LogP contribution in [0.1, 0.15) is 28.2 Å². The number of aliphatic carboxylic acids is 1. The number of carboxylic acids is 1. The summed E-state index contributed by atoms with van der Waals surface area (Å²) < 4.78 is 11.5. The number of ether oxygens (including phenoxy) is 2. The average molecular weight is 254 g/mol. The van der Waals surface area contributed by atoms with Gasteiger partial charge in [-0.15, -0.1) is 11.3 Å². The molecule has 3 rings (SSSR count). The Kier molecular flexibility index (Phi) is 2.69. The van der Waals surface area contributed by atoms with E-state index in [1.165, 1.54) is 4.88 Å². The van der Waals surface area contributed by atoms with Crippen molar-refractivity contribution in [3.8, 4) is 0 Å². The van der Waals surface area contributed by atoms with Crippen molar-refractivity contribution in [2.75, 3.05) is 13.2 Å². The number of hydrogen-bond donors (Lipinski definition) is 1. The summed E-state index contributed by atoms with van der Waals surface area (Å²) in [5, 5.41) is 8.83. The Morgan fingerprint density at radius 3 is 2.94 bits per heavy atom. The minimum atomic E-state index is -0.786. The molecule has 1 aromatic rings. The summed E-state index contributed by atoms with van der Waals surface area (Å²) in [5.74, 6) is -1.35. The molecule has 17 heavy (non-hydrogen) atoms. The maximum Gasteiger partial charge on any atom is 0.308 e. The van der Waals surface area contributed by atoms with E-state index in [1.54, 1.807) is 11.3 Å². The molecule has 92 valence electrons. The van der Waals surface area contributed by atoms with E-state index in [1.807, 2.05) is 6.07 Å². The lowest BCUT2D eigenvalue weighted by molar-refractivity contribution is -0.175. The van der Waals surface area contributed by atoms with Gasteiger partial charge in [0.25, 0.3) is 0 Å². The first-order valence-corrected chi connectivity index (χ1v) is 6.63. The Bertz CT molecular complexity index is 445. The molecular formula is C12H14O4S. The number of carbonyl (C=O) groups is 1. The third-order valence-corrected chi connectivity index (χ3v) is 4.45. The van der Waals surface area contributed by atoms with E-state index in [4.69, 9.17) is 14.6 Å². The minimum Gasteiger partial charge on any atom is -0.481 e. The molecule has 1 spiro atoms. The fourth-order valence-corrected chi connectivity index (χ4v) is 3.86. The molecule has 4 nitrogen and oxygen atoms in total. The van der Waals surface area contributed by atoms with Crippen molar-refractivity contribution in [3.63, 3.8) is 0 Å². The summed E-state index contributed by atoms with van der Waals surface area (Å²) >= 11 is 1.58. The average Bonchev–Trinajstić information content (AvgIpc) is 2.86. The van der Waals surface area contributed by atoms with Crippen LogP contribution in [0.4, 0.5) is 0 Å². The normalized spacial score (nSPS) is 21.6. The first-order chi connectivity index (χ1) is 8.20. The first kappa shape index (κ1) is 11.2. The van der Waals surface area contributed by atoms with Gasteiger partial charge in [-0.05, 0) is 18.9 Å². The van der Waals surface area contributed by atoms with Gasteiger partial charge in [-0.2, -0.15) is 0 Å². The van der Waals surface area contributed by atoms with Crippen molar-refractivity contribution in [3.05, 3.63) is 21.4 Å². The van der Waals surface area contributed by atoms with Crippen LogP contribution < -0.4 is 0 Å². The Morgan fingerprint density at radius 2 is 2.24 bits per heavy atom. The molecule has 0 unspecified atom stereocenters. The molecule has 5 heteroatoms. The molecule has 1 saturated heterocycles. The SMILES string of the molecule is O=C(O)Cc1cc2c(s1)CCCC21OCCO1. The van der Waals surface area contributed by atoms with E-state index < -0.39 is 11.8 Å². The molecular weight excluding hydrogens is 240 g/mol. The number of rotatable bonds is 2. The smallest absolute Gasteiger partial charge is 0.308 e. The van der Waals surface area contributed by atoms with Gasteiger partial charge in [0.05, 0.1) is 19.6 Å². The van der Waals surface area contributed by atoms with Crippen LogP contribution >= 0.6 is 11.3 Å². The lowest BCUT2D eigenvalue weighted by Gasteiger charge is -2.31.